The summed E-state index contributed by atoms with van der Waals surface area (Å²) in [6.07, 6.45) is -2.91. The Balaban J connectivity index is 1.54. The van der Waals surface area contributed by atoms with Crippen molar-refractivity contribution in [3.63, 3.8) is 0 Å². The molecule has 0 bridgehead atoms. The van der Waals surface area contributed by atoms with Crippen LogP contribution in [-0.4, -0.2) is 39.7 Å². The molecule has 1 fully saturated rings. The Morgan fingerprint density at radius 1 is 1.00 bits per heavy atom. The number of nitriles is 1. The van der Waals surface area contributed by atoms with Crippen molar-refractivity contribution in [1.82, 2.24) is 14.5 Å². The number of piperazine rings is 1. The van der Waals surface area contributed by atoms with Gasteiger partial charge in [-0.3, -0.25) is 9.78 Å². The Labute approximate surface area is 205 Å². The Morgan fingerprint density at radius 3 is 2.36 bits per heavy atom. The lowest BCUT2D eigenvalue weighted by atomic mass is 10.0. The maximum absolute atomic E-state index is 13.2. The molecular formula is C26H23F3N6O. The highest BCUT2D eigenvalue weighted by Crippen LogP contribution is 2.36. The quantitative estimate of drug-likeness (QED) is 0.411. The van der Waals surface area contributed by atoms with Gasteiger partial charge in [0.2, 0.25) is 0 Å². The molecule has 10 heteroatoms. The third kappa shape index (κ3) is 3.90. The van der Waals surface area contributed by atoms with Crippen molar-refractivity contribution in [3.8, 4) is 6.07 Å². The van der Waals surface area contributed by atoms with Crippen LogP contribution < -0.4 is 15.4 Å². The van der Waals surface area contributed by atoms with Gasteiger partial charge < -0.3 is 14.4 Å². The first-order valence-corrected chi connectivity index (χ1v) is 11.5. The summed E-state index contributed by atoms with van der Waals surface area (Å²) in [6.45, 7) is 5.18. The normalized spacial score (nSPS) is 18.6. The zero-order valence-electron chi connectivity index (χ0n) is 19.9. The van der Waals surface area contributed by atoms with Crippen LogP contribution in [0.4, 0.5) is 24.5 Å². The molecule has 0 spiro atoms. The minimum Gasteiger partial charge on any atom is -0.364 e. The van der Waals surface area contributed by atoms with Crippen LogP contribution in [0.1, 0.15) is 25.1 Å². The molecule has 4 heterocycles. The molecule has 2 atom stereocenters. The highest BCUT2D eigenvalue weighted by atomic mass is 19.4. The summed E-state index contributed by atoms with van der Waals surface area (Å²) in [5.74, 6) is 0. The lowest BCUT2D eigenvalue weighted by molar-refractivity contribution is -0.137. The van der Waals surface area contributed by atoms with E-state index < -0.39 is 11.7 Å². The fourth-order valence-corrected chi connectivity index (χ4v) is 4.95. The Kier molecular flexibility index (Phi) is 5.58. The number of nitrogens with zero attached hydrogens (tertiary/aromatic N) is 6. The molecule has 4 aromatic rings. The molecule has 0 unspecified atom stereocenters. The van der Waals surface area contributed by atoms with Gasteiger partial charge in [-0.05, 0) is 44.2 Å². The number of benzene rings is 1. The van der Waals surface area contributed by atoms with E-state index in [1.54, 1.807) is 25.2 Å². The molecule has 184 valence electrons. The van der Waals surface area contributed by atoms with Gasteiger partial charge in [0.15, 0.2) is 0 Å². The zero-order chi connectivity index (χ0) is 25.8. The SMILES string of the molecule is C[C@@H]1CN(c2cc(=O)n(C)c3ccc(C#N)nc23)[C@@H](C)CN1c1ccnc2cc(C(F)(F)F)ccc12. The topological polar surface area (TPSA) is 78.0 Å². The average Bonchev–Trinajstić information content (AvgIpc) is 2.86. The highest BCUT2D eigenvalue weighted by Gasteiger charge is 2.33. The molecule has 3 aromatic heterocycles. The molecule has 0 aliphatic carbocycles. The molecule has 1 aliphatic rings. The molecule has 0 amide bonds. The lowest BCUT2D eigenvalue weighted by Gasteiger charge is -2.46. The number of anilines is 2. The van der Waals surface area contributed by atoms with Crippen LogP contribution in [0, 0.1) is 11.3 Å². The standard InChI is InChI=1S/C26H23F3N6O/c1-15-14-35(23-11-24(36)33(3)22-7-5-18(12-30)32-25(22)23)16(2)13-34(15)21-8-9-31-20-10-17(26(27,28)29)4-6-19(20)21/h4-11,15-16H,13-14H2,1-3H3/t15-,16+/m1/s1. The van der Waals surface area contributed by atoms with Crippen LogP contribution >= 0.6 is 0 Å². The first kappa shape index (κ1) is 23.6. The molecule has 0 saturated carbocycles. The van der Waals surface area contributed by atoms with Crippen molar-refractivity contribution in [3.05, 3.63) is 70.3 Å². The number of aromatic nitrogens is 3. The zero-order valence-corrected chi connectivity index (χ0v) is 19.9. The highest BCUT2D eigenvalue weighted by molar-refractivity contribution is 5.93. The molecular weight excluding hydrogens is 469 g/mol. The van der Waals surface area contributed by atoms with Crippen molar-refractivity contribution in [2.45, 2.75) is 32.1 Å². The van der Waals surface area contributed by atoms with Crippen molar-refractivity contribution < 1.29 is 13.2 Å². The molecule has 1 aromatic carbocycles. The number of fused-ring (bicyclic) bond motifs is 2. The van der Waals surface area contributed by atoms with Crippen LogP contribution in [0.15, 0.2) is 53.5 Å². The van der Waals surface area contributed by atoms with Gasteiger partial charge in [0, 0.05) is 55.6 Å². The van der Waals surface area contributed by atoms with Gasteiger partial charge in [0.05, 0.1) is 22.3 Å². The maximum atomic E-state index is 13.2. The van der Waals surface area contributed by atoms with Crippen LogP contribution in [0.5, 0.6) is 0 Å². The summed E-state index contributed by atoms with van der Waals surface area (Å²) in [6, 6.07) is 12.3. The second-order valence-electron chi connectivity index (χ2n) is 9.17. The molecule has 0 N–H and O–H groups in total. The number of hydrogen-bond donors (Lipinski definition) is 0. The Hall–Kier alpha value is -4.13. The average molecular weight is 493 g/mol. The van der Waals surface area contributed by atoms with Gasteiger partial charge in [-0.1, -0.05) is 6.07 Å². The Morgan fingerprint density at radius 2 is 1.69 bits per heavy atom. The molecule has 1 saturated heterocycles. The predicted molar refractivity (Wildman–Crippen MR) is 132 cm³/mol. The van der Waals surface area contributed by atoms with Crippen LogP contribution in [0.2, 0.25) is 0 Å². The predicted octanol–water partition coefficient (Wildman–Crippen LogP) is 4.48. The van der Waals surface area contributed by atoms with E-state index in [0.29, 0.717) is 35.2 Å². The summed E-state index contributed by atoms with van der Waals surface area (Å²) < 4.78 is 41.1. The monoisotopic (exact) mass is 492 g/mol. The molecule has 36 heavy (non-hydrogen) atoms. The molecule has 5 rings (SSSR count). The van der Waals surface area contributed by atoms with Crippen molar-refractivity contribution in [2.24, 2.45) is 7.05 Å². The van der Waals surface area contributed by atoms with E-state index in [1.807, 2.05) is 19.9 Å². The van der Waals surface area contributed by atoms with E-state index >= 15 is 0 Å². The van der Waals surface area contributed by atoms with Gasteiger partial charge in [-0.25, -0.2) is 4.98 Å². The van der Waals surface area contributed by atoms with Gasteiger partial charge >= 0.3 is 6.18 Å². The molecule has 0 radical (unpaired) electrons. The van der Waals surface area contributed by atoms with Crippen LogP contribution in [-0.2, 0) is 13.2 Å². The Bertz CT molecular complexity index is 1590. The van der Waals surface area contributed by atoms with E-state index in [4.69, 9.17) is 0 Å². The van der Waals surface area contributed by atoms with Crippen LogP contribution in [0.25, 0.3) is 21.9 Å². The van der Waals surface area contributed by atoms with Gasteiger partial charge in [-0.15, -0.1) is 0 Å². The third-order valence-electron chi connectivity index (χ3n) is 6.84. The largest absolute Gasteiger partial charge is 0.416 e. The summed E-state index contributed by atoms with van der Waals surface area (Å²) >= 11 is 0. The van der Waals surface area contributed by atoms with E-state index in [-0.39, 0.29) is 28.9 Å². The first-order valence-electron chi connectivity index (χ1n) is 11.5. The van der Waals surface area contributed by atoms with E-state index in [0.717, 1.165) is 17.8 Å². The number of halogens is 3. The number of aryl methyl sites for hydroxylation is 1. The number of alkyl halides is 3. The van der Waals surface area contributed by atoms with E-state index in [9.17, 15) is 23.2 Å². The fourth-order valence-electron chi connectivity index (χ4n) is 4.95. The van der Waals surface area contributed by atoms with E-state index in [1.165, 1.54) is 16.8 Å². The molecule has 1 aliphatic heterocycles. The van der Waals surface area contributed by atoms with Crippen molar-refractivity contribution >= 4 is 33.3 Å². The second-order valence-corrected chi connectivity index (χ2v) is 9.17. The summed E-state index contributed by atoms with van der Waals surface area (Å²) in [4.78, 5) is 25.7. The minimum absolute atomic E-state index is 0.0349. The fraction of sp³-hybridized carbons (Fsp3) is 0.308. The van der Waals surface area contributed by atoms with Crippen molar-refractivity contribution in [1.29, 1.82) is 5.26 Å². The van der Waals surface area contributed by atoms with Gasteiger partial charge in [0.1, 0.15) is 17.3 Å². The maximum Gasteiger partial charge on any atom is 0.416 e. The summed E-state index contributed by atoms with van der Waals surface area (Å²) in [5.41, 5.74) is 2.35. The van der Waals surface area contributed by atoms with Crippen LogP contribution in [0.3, 0.4) is 0 Å². The minimum atomic E-state index is -4.44. The molecule has 7 nitrogen and oxygen atoms in total. The van der Waals surface area contributed by atoms with Gasteiger partial charge in [-0.2, -0.15) is 18.4 Å². The van der Waals surface area contributed by atoms with Crippen molar-refractivity contribution in [2.75, 3.05) is 22.9 Å². The lowest BCUT2D eigenvalue weighted by Crippen LogP contribution is -2.57. The summed E-state index contributed by atoms with van der Waals surface area (Å²) in [5, 5.41) is 10.0. The second kappa shape index (κ2) is 8.52. The van der Waals surface area contributed by atoms with Gasteiger partial charge in [0.25, 0.3) is 5.56 Å². The van der Waals surface area contributed by atoms with E-state index in [2.05, 4.69) is 25.8 Å². The number of hydrogen-bond acceptors (Lipinski definition) is 6. The smallest absolute Gasteiger partial charge is 0.364 e. The third-order valence-corrected chi connectivity index (χ3v) is 6.84. The first-order chi connectivity index (χ1) is 17.1. The number of pyridine rings is 3. The summed E-state index contributed by atoms with van der Waals surface area (Å²) in [7, 11) is 1.67. The number of rotatable bonds is 2.